The molecule has 2 atom stereocenters. The molecule has 0 saturated carbocycles. The van der Waals surface area contributed by atoms with E-state index in [1.807, 2.05) is 7.05 Å². The summed E-state index contributed by atoms with van der Waals surface area (Å²) in [7, 11) is 1.83. The van der Waals surface area contributed by atoms with Crippen LogP contribution in [0.2, 0.25) is 0 Å². The van der Waals surface area contributed by atoms with Crippen LogP contribution in [0.1, 0.15) is 52.1 Å². The average Bonchev–Trinajstić information content (AvgIpc) is 2.66. The molecule has 1 fully saturated rings. The Kier molecular flexibility index (Phi) is 10.6. The van der Waals surface area contributed by atoms with Gasteiger partial charge in [0.2, 0.25) is 0 Å². The molecule has 0 aliphatic carbocycles. The molecular formula is C21H37IN4O. The molecule has 0 spiro atoms. The first-order valence-electron chi connectivity index (χ1n) is 9.83. The van der Waals surface area contributed by atoms with Crippen molar-refractivity contribution in [2.45, 2.75) is 58.2 Å². The van der Waals surface area contributed by atoms with Crippen LogP contribution in [0, 0.1) is 5.92 Å². The van der Waals surface area contributed by atoms with Crippen LogP contribution in [0.15, 0.2) is 35.3 Å². The van der Waals surface area contributed by atoms with Gasteiger partial charge in [-0.2, -0.15) is 0 Å². The summed E-state index contributed by atoms with van der Waals surface area (Å²) >= 11 is 0. The molecule has 1 aromatic carbocycles. The zero-order valence-corrected chi connectivity index (χ0v) is 19.7. The molecule has 0 amide bonds. The number of halogens is 1. The molecule has 1 aliphatic rings. The van der Waals surface area contributed by atoms with Gasteiger partial charge in [-0.25, -0.2) is 0 Å². The lowest BCUT2D eigenvalue weighted by Gasteiger charge is -2.41. The van der Waals surface area contributed by atoms with Gasteiger partial charge in [-0.05, 0) is 38.2 Å². The second-order valence-corrected chi connectivity index (χ2v) is 7.77. The first kappa shape index (κ1) is 24.2. The van der Waals surface area contributed by atoms with Crippen molar-refractivity contribution in [3.05, 3.63) is 35.9 Å². The second kappa shape index (κ2) is 11.9. The lowest BCUT2D eigenvalue weighted by molar-refractivity contribution is 0.0354. The summed E-state index contributed by atoms with van der Waals surface area (Å²) in [6.07, 6.45) is 1.99. The summed E-state index contributed by atoms with van der Waals surface area (Å²) < 4.78 is 5.63. The number of guanidine groups is 1. The van der Waals surface area contributed by atoms with Crippen molar-refractivity contribution in [3.8, 4) is 0 Å². The van der Waals surface area contributed by atoms with Crippen molar-refractivity contribution in [2.24, 2.45) is 10.9 Å². The first-order valence-corrected chi connectivity index (χ1v) is 9.83. The number of hydrogen-bond acceptors (Lipinski definition) is 3. The van der Waals surface area contributed by atoms with E-state index in [9.17, 15) is 0 Å². The molecule has 5 nitrogen and oxygen atoms in total. The van der Waals surface area contributed by atoms with E-state index < -0.39 is 0 Å². The van der Waals surface area contributed by atoms with Crippen LogP contribution in [-0.4, -0.2) is 44.3 Å². The maximum Gasteiger partial charge on any atom is 0.191 e. The Morgan fingerprint density at radius 3 is 2.30 bits per heavy atom. The SMILES string of the molecule is CN=C(NCC1(NC(C)c2ccccc2)CCOCC1)NC(C)C(C)C.I. The highest BCUT2D eigenvalue weighted by Gasteiger charge is 2.34. The van der Waals surface area contributed by atoms with E-state index in [-0.39, 0.29) is 29.5 Å². The van der Waals surface area contributed by atoms with E-state index in [4.69, 9.17) is 4.74 Å². The molecule has 0 radical (unpaired) electrons. The number of nitrogens with one attached hydrogen (secondary N) is 3. The molecular weight excluding hydrogens is 451 g/mol. The summed E-state index contributed by atoms with van der Waals surface area (Å²) in [5.74, 6) is 1.42. The van der Waals surface area contributed by atoms with Crippen molar-refractivity contribution >= 4 is 29.9 Å². The summed E-state index contributed by atoms with van der Waals surface area (Å²) in [5.41, 5.74) is 1.32. The summed E-state index contributed by atoms with van der Waals surface area (Å²) in [5, 5.41) is 10.9. The van der Waals surface area contributed by atoms with Gasteiger partial charge in [0, 0.05) is 44.4 Å². The molecule has 0 bridgehead atoms. The fourth-order valence-corrected chi connectivity index (χ4v) is 3.25. The van der Waals surface area contributed by atoms with Crippen LogP contribution in [0.3, 0.4) is 0 Å². The zero-order chi connectivity index (χ0) is 19.0. The van der Waals surface area contributed by atoms with Crippen LogP contribution in [-0.2, 0) is 4.74 Å². The molecule has 6 heteroatoms. The Hall–Kier alpha value is -0.860. The number of ether oxygens (including phenoxy) is 1. The smallest absolute Gasteiger partial charge is 0.191 e. The van der Waals surface area contributed by atoms with Crippen LogP contribution in [0.5, 0.6) is 0 Å². The molecule has 1 heterocycles. The monoisotopic (exact) mass is 488 g/mol. The number of rotatable bonds is 7. The van der Waals surface area contributed by atoms with Crippen LogP contribution in [0.4, 0.5) is 0 Å². The minimum absolute atomic E-state index is 0. The zero-order valence-electron chi connectivity index (χ0n) is 17.4. The third-order valence-corrected chi connectivity index (χ3v) is 5.45. The molecule has 1 saturated heterocycles. The van der Waals surface area contributed by atoms with Crippen molar-refractivity contribution < 1.29 is 4.74 Å². The lowest BCUT2D eigenvalue weighted by Crippen LogP contribution is -2.58. The van der Waals surface area contributed by atoms with Gasteiger partial charge in [-0.1, -0.05) is 44.2 Å². The molecule has 0 aromatic heterocycles. The minimum Gasteiger partial charge on any atom is -0.381 e. The van der Waals surface area contributed by atoms with E-state index in [1.165, 1.54) is 5.56 Å². The Labute approximate surface area is 182 Å². The predicted molar refractivity (Wildman–Crippen MR) is 125 cm³/mol. The van der Waals surface area contributed by atoms with Gasteiger partial charge in [0.1, 0.15) is 0 Å². The van der Waals surface area contributed by atoms with Gasteiger partial charge in [-0.3, -0.25) is 4.99 Å². The normalized spacial score (nSPS) is 19.1. The fourth-order valence-electron chi connectivity index (χ4n) is 3.25. The fraction of sp³-hybridized carbons (Fsp3) is 0.667. The largest absolute Gasteiger partial charge is 0.381 e. The number of nitrogens with zero attached hydrogens (tertiary/aromatic N) is 1. The highest BCUT2D eigenvalue weighted by molar-refractivity contribution is 14.0. The molecule has 1 aliphatic heterocycles. The van der Waals surface area contributed by atoms with Gasteiger partial charge in [-0.15, -0.1) is 24.0 Å². The quantitative estimate of drug-likeness (QED) is 0.311. The molecule has 154 valence electrons. The van der Waals surface area contributed by atoms with Gasteiger partial charge in [0.25, 0.3) is 0 Å². The van der Waals surface area contributed by atoms with Crippen LogP contribution < -0.4 is 16.0 Å². The van der Waals surface area contributed by atoms with E-state index in [1.54, 1.807) is 0 Å². The third-order valence-electron chi connectivity index (χ3n) is 5.45. The maximum absolute atomic E-state index is 5.63. The molecule has 1 aromatic rings. The minimum atomic E-state index is 0. The van der Waals surface area contributed by atoms with Crippen molar-refractivity contribution in [2.75, 3.05) is 26.8 Å². The maximum atomic E-state index is 5.63. The average molecular weight is 488 g/mol. The van der Waals surface area contributed by atoms with Gasteiger partial charge < -0.3 is 20.7 Å². The Bertz CT molecular complexity index is 559. The highest BCUT2D eigenvalue weighted by Crippen LogP contribution is 2.25. The molecule has 3 N–H and O–H groups in total. The van der Waals surface area contributed by atoms with E-state index in [2.05, 4.69) is 79.0 Å². The molecule has 27 heavy (non-hydrogen) atoms. The van der Waals surface area contributed by atoms with Crippen LogP contribution >= 0.6 is 24.0 Å². The Morgan fingerprint density at radius 2 is 1.74 bits per heavy atom. The van der Waals surface area contributed by atoms with Gasteiger partial charge in [0.15, 0.2) is 5.96 Å². The summed E-state index contributed by atoms with van der Waals surface area (Å²) in [4.78, 5) is 4.40. The topological polar surface area (TPSA) is 57.7 Å². The third kappa shape index (κ3) is 7.58. The highest BCUT2D eigenvalue weighted by atomic mass is 127. The van der Waals surface area contributed by atoms with E-state index in [0.717, 1.165) is 38.6 Å². The first-order chi connectivity index (χ1) is 12.5. The van der Waals surface area contributed by atoms with Crippen molar-refractivity contribution in [3.63, 3.8) is 0 Å². The lowest BCUT2D eigenvalue weighted by atomic mass is 9.88. The van der Waals surface area contributed by atoms with Gasteiger partial charge >= 0.3 is 0 Å². The van der Waals surface area contributed by atoms with Crippen LogP contribution in [0.25, 0.3) is 0 Å². The second-order valence-electron chi connectivity index (χ2n) is 7.77. The molecule has 2 unspecified atom stereocenters. The van der Waals surface area contributed by atoms with Gasteiger partial charge in [0.05, 0.1) is 0 Å². The molecule has 2 rings (SSSR count). The Morgan fingerprint density at radius 1 is 1.11 bits per heavy atom. The predicted octanol–water partition coefficient (Wildman–Crippen LogP) is 3.71. The van der Waals surface area contributed by atoms with Crippen molar-refractivity contribution in [1.82, 2.24) is 16.0 Å². The number of benzene rings is 1. The van der Waals surface area contributed by atoms with E-state index >= 15 is 0 Å². The Balaban J connectivity index is 0.00000364. The summed E-state index contributed by atoms with van der Waals surface area (Å²) in [6.45, 7) is 11.3. The number of aliphatic imine (C=N–C) groups is 1. The standard InChI is InChI=1S/C21H36N4O.HI/c1-16(2)17(3)24-20(22-5)23-15-21(11-13-26-14-12-21)25-18(4)19-9-7-6-8-10-19;/h6-10,16-18,25H,11-15H2,1-5H3,(H2,22,23,24);1H. The van der Waals surface area contributed by atoms with Crippen molar-refractivity contribution in [1.29, 1.82) is 0 Å². The number of hydrogen-bond donors (Lipinski definition) is 3. The summed E-state index contributed by atoms with van der Waals surface area (Å²) in [6, 6.07) is 11.3. The van der Waals surface area contributed by atoms with E-state index in [0.29, 0.717) is 18.0 Å².